The van der Waals surface area contributed by atoms with Gasteiger partial charge in [0.2, 0.25) is 0 Å². The monoisotopic (exact) mass is 350 g/mol. The van der Waals surface area contributed by atoms with Gasteiger partial charge in [-0.05, 0) is 36.6 Å². The quantitative estimate of drug-likeness (QED) is 0.404. The van der Waals surface area contributed by atoms with Crippen LogP contribution in [0.1, 0.15) is 38.2 Å². The van der Waals surface area contributed by atoms with Gasteiger partial charge in [-0.15, -0.1) is 0 Å². The van der Waals surface area contributed by atoms with Crippen molar-refractivity contribution in [2.45, 2.75) is 26.8 Å². The summed E-state index contributed by atoms with van der Waals surface area (Å²) >= 11 is 0. The molecule has 0 fully saturated rings. The summed E-state index contributed by atoms with van der Waals surface area (Å²) in [5, 5.41) is 0. The lowest BCUT2D eigenvalue weighted by molar-refractivity contribution is -0.688. The van der Waals surface area contributed by atoms with Crippen LogP contribution in [0.4, 0.5) is 0 Å². The van der Waals surface area contributed by atoms with Crippen LogP contribution in [0, 0.1) is 13.8 Å². The SMILES string of the molecule is [B]c1c(C)cc(C)c2c1C(=O)C(=Cc1cc[n+](Cc3ccccc3)cc1)C2. The zero-order valence-electron chi connectivity index (χ0n) is 15.7. The number of hydrogen-bond acceptors (Lipinski definition) is 1. The fraction of sp³-hybridized carbons (Fsp3) is 0.167. The number of hydrogen-bond donors (Lipinski definition) is 0. The molecule has 1 aliphatic carbocycles. The van der Waals surface area contributed by atoms with Gasteiger partial charge in [0.15, 0.2) is 24.7 Å². The first-order valence-electron chi connectivity index (χ1n) is 9.20. The van der Waals surface area contributed by atoms with Crippen LogP contribution in [0.5, 0.6) is 0 Å². The summed E-state index contributed by atoms with van der Waals surface area (Å²) in [6, 6.07) is 16.5. The smallest absolute Gasteiger partial charge is 0.189 e. The van der Waals surface area contributed by atoms with E-state index in [4.69, 9.17) is 7.85 Å². The van der Waals surface area contributed by atoms with E-state index in [1.165, 1.54) is 5.56 Å². The van der Waals surface area contributed by atoms with Crippen LogP contribution in [0.15, 0.2) is 66.5 Å². The minimum absolute atomic E-state index is 0.0651. The van der Waals surface area contributed by atoms with Crippen molar-refractivity contribution in [3.63, 3.8) is 0 Å². The molecule has 2 aromatic carbocycles. The number of rotatable bonds is 3. The van der Waals surface area contributed by atoms with Crippen LogP contribution >= 0.6 is 0 Å². The maximum Gasteiger partial charge on any atom is 0.189 e. The van der Waals surface area contributed by atoms with Crippen LogP contribution < -0.4 is 10.0 Å². The number of aromatic nitrogens is 1. The minimum atomic E-state index is 0.0651. The van der Waals surface area contributed by atoms with Gasteiger partial charge < -0.3 is 0 Å². The highest BCUT2D eigenvalue weighted by atomic mass is 16.1. The minimum Gasteiger partial charge on any atom is -0.289 e. The van der Waals surface area contributed by atoms with Crippen molar-refractivity contribution < 1.29 is 9.36 Å². The molecule has 0 atom stereocenters. The summed E-state index contributed by atoms with van der Waals surface area (Å²) in [5.74, 6) is 0.0651. The van der Waals surface area contributed by atoms with E-state index >= 15 is 0 Å². The third-order valence-electron chi connectivity index (χ3n) is 5.26. The van der Waals surface area contributed by atoms with Crippen LogP contribution in [0.25, 0.3) is 6.08 Å². The van der Waals surface area contributed by atoms with Crippen molar-refractivity contribution in [2.24, 2.45) is 0 Å². The third kappa shape index (κ3) is 3.38. The maximum absolute atomic E-state index is 12.9. The van der Waals surface area contributed by atoms with Crippen molar-refractivity contribution in [1.82, 2.24) is 0 Å². The van der Waals surface area contributed by atoms with Gasteiger partial charge in [0, 0.05) is 35.3 Å². The van der Waals surface area contributed by atoms with E-state index in [2.05, 4.69) is 42.1 Å². The Balaban J connectivity index is 1.59. The molecule has 27 heavy (non-hydrogen) atoms. The van der Waals surface area contributed by atoms with Crippen molar-refractivity contribution in [1.29, 1.82) is 0 Å². The Hall–Kier alpha value is -2.94. The van der Waals surface area contributed by atoms with E-state index in [1.54, 1.807) is 0 Å². The topological polar surface area (TPSA) is 20.9 Å². The lowest BCUT2D eigenvalue weighted by Crippen LogP contribution is -2.33. The number of fused-ring (bicyclic) bond motifs is 1. The van der Waals surface area contributed by atoms with Gasteiger partial charge >= 0.3 is 0 Å². The summed E-state index contributed by atoms with van der Waals surface area (Å²) in [6.07, 6.45) is 6.75. The Morgan fingerprint density at radius 3 is 2.44 bits per heavy atom. The van der Waals surface area contributed by atoms with Gasteiger partial charge in [0.1, 0.15) is 7.85 Å². The van der Waals surface area contributed by atoms with Crippen molar-refractivity contribution in [3.05, 3.63) is 99.9 Å². The molecular weight excluding hydrogens is 329 g/mol. The van der Waals surface area contributed by atoms with Crippen molar-refractivity contribution in [3.8, 4) is 0 Å². The average molecular weight is 350 g/mol. The summed E-state index contributed by atoms with van der Waals surface area (Å²) in [4.78, 5) is 12.9. The fourth-order valence-electron chi connectivity index (χ4n) is 3.75. The zero-order chi connectivity index (χ0) is 19.0. The Bertz CT molecular complexity index is 1050. The first kappa shape index (κ1) is 17.5. The summed E-state index contributed by atoms with van der Waals surface area (Å²) in [6.45, 7) is 4.84. The number of Topliss-reactive ketones (excluding diaryl/α,β-unsaturated/α-hetero) is 1. The van der Waals surface area contributed by atoms with Crippen molar-refractivity contribution in [2.75, 3.05) is 0 Å². The van der Waals surface area contributed by atoms with E-state index in [1.807, 2.05) is 43.3 Å². The standard InChI is InChI=1S/C24H21BNO/c1-16-12-17(2)23(25)22-21(16)14-20(24(22)27)13-18-8-10-26(11-9-18)15-19-6-4-3-5-7-19/h3-13H,14-15H2,1-2H3/q+1. The zero-order valence-corrected chi connectivity index (χ0v) is 15.7. The van der Waals surface area contributed by atoms with Crippen LogP contribution in [-0.4, -0.2) is 13.6 Å². The molecule has 2 radical (unpaired) electrons. The molecule has 0 saturated carbocycles. The molecule has 3 heteroatoms. The molecule has 0 unspecified atom stereocenters. The number of benzene rings is 2. The van der Waals surface area contributed by atoms with E-state index in [0.717, 1.165) is 34.4 Å². The molecule has 0 spiro atoms. The van der Waals surface area contributed by atoms with E-state index in [0.29, 0.717) is 17.4 Å². The van der Waals surface area contributed by atoms with E-state index < -0.39 is 0 Å². The molecule has 1 aromatic heterocycles. The largest absolute Gasteiger partial charge is 0.289 e. The number of nitrogens with zero attached hydrogens (tertiary/aromatic N) is 1. The number of pyridine rings is 1. The molecule has 4 rings (SSSR count). The number of carbonyl (C=O) groups excluding carboxylic acids is 1. The molecule has 3 aromatic rings. The Kier molecular flexibility index (Phi) is 4.53. The lowest BCUT2D eigenvalue weighted by Gasteiger charge is -2.09. The summed E-state index contributed by atoms with van der Waals surface area (Å²) < 4.78 is 2.13. The third-order valence-corrected chi connectivity index (χ3v) is 5.26. The predicted molar refractivity (Wildman–Crippen MR) is 109 cm³/mol. The highest BCUT2D eigenvalue weighted by Crippen LogP contribution is 2.29. The molecule has 0 amide bonds. The van der Waals surface area contributed by atoms with Gasteiger partial charge in [-0.2, -0.15) is 0 Å². The summed E-state index contributed by atoms with van der Waals surface area (Å²) in [5.41, 5.74) is 7.62. The normalized spacial score (nSPS) is 14.6. The highest BCUT2D eigenvalue weighted by molar-refractivity contribution is 6.40. The highest BCUT2D eigenvalue weighted by Gasteiger charge is 2.28. The number of carbonyl (C=O) groups is 1. The second-order valence-corrected chi connectivity index (χ2v) is 7.24. The fourth-order valence-corrected chi connectivity index (χ4v) is 3.75. The maximum atomic E-state index is 12.9. The molecule has 0 aliphatic heterocycles. The van der Waals surface area contributed by atoms with Gasteiger partial charge in [-0.25, -0.2) is 4.57 Å². The molecule has 0 bridgehead atoms. The Morgan fingerprint density at radius 1 is 1.04 bits per heavy atom. The molecular formula is C24H21BNO+. The molecule has 130 valence electrons. The predicted octanol–water partition coefficient (Wildman–Crippen LogP) is 3.26. The first-order valence-corrected chi connectivity index (χ1v) is 9.20. The number of allylic oxidation sites excluding steroid dienone is 1. The first-order chi connectivity index (χ1) is 13.0. The molecule has 0 N–H and O–H groups in total. The van der Waals surface area contributed by atoms with E-state index in [9.17, 15) is 4.79 Å². The van der Waals surface area contributed by atoms with Gasteiger partial charge in [0.05, 0.1) is 0 Å². The molecule has 1 heterocycles. The van der Waals surface area contributed by atoms with Crippen LogP contribution in [0.2, 0.25) is 0 Å². The number of ketones is 1. The second-order valence-electron chi connectivity index (χ2n) is 7.24. The van der Waals surface area contributed by atoms with Crippen molar-refractivity contribution >= 4 is 25.2 Å². The Labute approximate surface area is 161 Å². The van der Waals surface area contributed by atoms with Gasteiger partial charge in [0.25, 0.3) is 0 Å². The summed E-state index contributed by atoms with van der Waals surface area (Å²) in [7, 11) is 6.19. The van der Waals surface area contributed by atoms with E-state index in [-0.39, 0.29) is 5.78 Å². The Morgan fingerprint density at radius 2 is 1.74 bits per heavy atom. The van der Waals surface area contributed by atoms with Gasteiger partial charge in [-0.3, -0.25) is 4.79 Å². The van der Waals surface area contributed by atoms with Crippen LogP contribution in [0.3, 0.4) is 0 Å². The second kappa shape index (κ2) is 7.00. The number of aryl methyl sites for hydroxylation is 2. The van der Waals surface area contributed by atoms with Crippen LogP contribution in [-0.2, 0) is 13.0 Å². The van der Waals surface area contributed by atoms with Gasteiger partial charge in [-0.1, -0.05) is 47.4 Å². The lowest BCUT2D eigenvalue weighted by atomic mass is 9.82. The average Bonchev–Trinajstić information content (AvgIpc) is 2.99. The molecule has 0 saturated heterocycles. The molecule has 1 aliphatic rings. The molecule has 2 nitrogen and oxygen atoms in total.